The van der Waals surface area contributed by atoms with Gasteiger partial charge >= 0.3 is 0 Å². The van der Waals surface area contributed by atoms with Gasteiger partial charge in [0.05, 0.1) is 22.4 Å². The standard InChI is InChI=1S/C20H26N6/c1-14-9-16(10-17-20(14)24-6-5-23-17)11-25-18-12-21-4-3-19(18)26-8-7-22-15(2)13-26/h3,5-6,9-10,12,15,21-22,25H,4,7-8,11,13H2,1-2H3. The normalized spacial score (nSPS) is 20.4. The lowest BCUT2D eigenvalue weighted by Gasteiger charge is -2.37. The number of rotatable bonds is 4. The zero-order valence-electron chi connectivity index (χ0n) is 15.4. The van der Waals surface area contributed by atoms with Crippen LogP contribution in [-0.4, -0.2) is 47.1 Å². The van der Waals surface area contributed by atoms with E-state index < -0.39 is 0 Å². The van der Waals surface area contributed by atoms with E-state index in [0.29, 0.717) is 6.04 Å². The lowest BCUT2D eigenvalue weighted by Crippen LogP contribution is -2.49. The Morgan fingerprint density at radius 1 is 1.27 bits per heavy atom. The second-order valence-electron chi connectivity index (χ2n) is 7.05. The molecule has 0 radical (unpaired) electrons. The molecule has 0 amide bonds. The van der Waals surface area contributed by atoms with Crippen LogP contribution in [0, 0.1) is 6.92 Å². The molecule has 1 fully saturated rings. The van der Waals surface area contributed by atoms with Crippen molar-refractivity contribution in [1.82, 2.24) is 30.8 Å². The van der Waals surface area contributed by atoms with Crippen molar-refractivity contribution in [3.8, 4) is 0 Å². The third-order valence-electron chi connectivity index (χ3n) is 4.95. The van der Waals surface area contributed by atoms with Crippen molar-refractivity contribution in [2.24, 2.45) is 0 Å². The summed E-state index contributed by atoms with van der Waals surface area (Å²) < 4.78 is 0. The average Bonchev–Trinajstić information content (AvgIpc) is 2.67. The highest BCUT2D eigenvalue weighted by atomic mass is 15.2. The number of aromatic nitrogens is 2. The molecule has 0 saturated carbocycles. The third kappa shape index (κ3) is 3.51. The SMILES string of the molecule is Cc1cc(CNC2=CNCC=C2N2CCNC(C)C2)cc2nccnc12. The number of piperazine rings is 1. The Morgan fingerprint density at radius 3 is 3.04 bits per heavy atom. The van der Waals surface area contributed by atoms with Crippen molar-refractivity contribution < 1.29 is 0 Å². The van der Waals surface area contributed by atoms with Crippen LogP contribution in [0.1, 0.15) is 18.1 Å². The van der Waals surface area contributed by atoms with Crippen LogP contribution in [-0.2, 0) is 6.54 Å². The van der Waals surface area contributed by atoms with Crippen molar-refractivity contribution in [3.05, 3.63) is 59.3 Å². The summed E-state index contributed by atoms with van der Waals surface area (Å²) >= 11 is 0. The maximum absolute atomic E-state index is 4.45. The molecule has 0 bridgehead atoms. The van der Waals surface area contributed by atoms with Crippen molar-refractivity contribution >= 4 is 11.0 Å². The van der Waals surface area contributed by atoms with Gasteiger partial charge in [0, 0.05) is 57.4 Å². The van der Waals surface area contributed by atoms with Gasteiger partial charge in [0.25, 0.3) is 0 Å². The summed E-state index contributed by atoms with van der Waals surface area (Å²) in [6.07, 6.45) is 7.86. The topological polar surface area (TPSA) is 65.1 Å². The van der Waals surface area contributed by atoms with Crippen molar-refractivity contribution in [2.75, 3.05) is 26.2 Å². The molecule has 1 atom stereocenters. The number of hydrogen-bond donors (Lipinski definition) is 3. The predicted octanol–water partition coefficient (Wildman–Crippen LogP) is 1.65. The zero-order valence-corrected chi connectivity index (χ0v) is 15.4. The number of dihydropyridines is 1. The Morgan fingerprint density at radius 2 is 2.15 bits per heavy atom. The highest BCUT2D eigenvalue weighted by Crippen LogP contribution is 2.20. The molecule has 0 aliphatic carbocycles. The van der Waals surface area contributed by atoms with Crippen LogP contribution in [0.2, 0.25) is 0 Å². The number of nitrogens with zero attached hydrogens (tertiary/aromatic N) is 3. The molecular formula is C20H26N6. The summed E-state index contributed by atoms with van der Waals surface area (Å²) in [6.45, 7) is 9.08. The van der Waals surface area contributed by atoms with Gasteiger partial charge < -0.3 is 20.9 Å². The quantitative estimate of drug-likeness (QED) is 0.779. The van der Waals surface area contributed by atoms with E-state index in [1.165, 1.54) is 11.3 Å². The number of nitrogens with one attached hydrogen (secondary N) is 3. The largest absolute Gasteiger partial charge is 0.386 e. The highest BCUT2D eigenvalue weighted by molar-refractivity contribution is 5.78. The summed E-state index contributed by atoms with van der Waals surface area (Å²) in [4.78, 5) is 11.3. The Bertz CT molecular complexity index is 857. The fourth-order valence-electron chi connectivity index (χ4n) is 3.71. The van der Waals surface area contributed by atoms with E-state index in [1.807, 2.05) is 0 Å². The smallest absolute Gasteiger partial charge is 0.0916 e. The summed E-state index contributed by atoms with van der Waals surface area (Å²) in [5.74, 6) is 0. The number of benzene rings is 1. The minimum atomic E-state index is 0.516. The molecule has 2 aromatic rings. The molecule has 1 saturated heterocycles. The van der Waals surface area contributed by atoms with E-state index in [2.05, 4.69) is 69.1 Å². The monoisotopic (exact) mass is 350 g/mol. The van der Waals surface area contributed by atoms with Gasteiger partial charge in [0.15, 0.2) is 0 Å². The van der Waals surface area contributed by atoms with Crippen LogP contribution in [0.4, 0.5) is 0 Å². The molecule has 0 spiro atoms. The van der Waals surface area contributed by atoms with Gasteiger partial charge in [-0.1, -0.05) is 6.07 Å². The Balaban J connectivity index is 1.49. The minimum absolute atomic E-state index is 0.516. The summed E-state index contributed by atoms with van der Waals surface area (Å²) in [6, 6.07) is 4.83. The van der Waals surface area contributed by atoms with E-state index in [-0.39, 0.29) is 0 Å². The molecule has 1 aromatic heterocycles. The number of hydrogen-bond acceptors (Lipinski definition) is 6. The first-order valence-electron chi connectivity index (χ1n) is 9.27. The summed E-state index contributed by atoms with van der Waals surface area (Å²) in [7, 11) is 0. The molecule has 6 heteroatoms. The van der Waals surface area contributed by atoms with Gasteiger partial charge in [-0.3, -0.25) is 9.97 Å². The molecule has 1 unspecified atom stereocenters. The van der Waals surface area contributed by atoms with E-state index in [9.17, 15) is 0 Å². The molecule has 26 heavy (non-hydrogen) atoms. The third-order valence-corrected chi connectivity index (χ3v) is 4.95. The van der Waals surface area contributed by atoms with Gasteiger partial charge in [0.2, 0.25) is 0 Å². The zero-order chi connectivity index (χ0) is 17.9. The van der Waals surface area contributed by atoms with Gasteiger partial charge in [-0.25, -0.2) is 0 Å². The number of aryl methyl sites for hydroxylation is 1. The van der Waals surface area contributed by atoms with E-state index in [1.54, 1.807) is 12.4 Å². The van der Waals surface area contributed by atoms with Gasteiger partial charge in [0.1, 0.15) is 0 Å². The van der Waals surface area contributed by atoms with Crippen LogP contribution in [0.25, 0.3) is 11.0 Å². The van der Waals surface area contributed by atoms with Gasteiger partial charge in [-0.15, -0.1) is 0 Å². The second-order valence-corrected chi connectivity index (χ2v) is 7.05. The van der Waals surface area contributed by atoms with E-state index >= 15 is 0 Å². The van der Waals surface area contributed by atoms with E-state index in [0.717, 1.165) is 55.0 Å². The first-order valence-corrected chi connectivity index (χ1v) is 9.27. The Hall–Kier alpha value is -2.60. The molecular weight excluding hydrogens is 324 g/mol. The molecule has 3 heterocycles. The predicted molar refractivity (Wildman–Crippen MR) is 104 cm³/mol. The number of fused-ring (bicyclic) bond motifs is 1. The van der Waals surface area contributed by atoms with Crippen molar-refractivity contribution in [3.63, 3.8) is 0 Å². The van der Waals surface area contributed by atoms with Crippen LogP contribution in [0.5, 0.6) is 0 Å². The molecule has 2 aliphatic heterocycles. The van der Waals surface area contributed by atoms with Gasteiger partial charge in [-0.2, -0.15) is 0 Å². The molecule has 3 N–H and O–H groups in total. The summed E-state index contributed by atoms with van der Waals surface area (Å²) in [5, 5.41) is 10.4. The highest BCUT2D eigenvalue weighted by Gasteiger charge is 2.21. The Labute approximate surface area is 154 Å². The first kappa shape index (κ1) is 16.8. The van der Waals surface area contributed by atoms with Crippen LogP contribution in [0.3, 0.4) is 0 Å². The van der Waals surface area contributed by atoms with Crippen LogP contribution in [0.15, 0.2) is 48.2 Å². The first-order chi connectivity index (χ1) is 12.7. The summed E-state index contributed by atoms with van der Waals surface area (Å²) in [5.41, 5.74) is 6.76. The molecule has 136 valence electrons. The lowest BCUT2D eigenvalue weighted by molar-refractivity contribution is 0.256. The van der Waals surface area contributed by atoms with Crippen molar-refractivity contribution in [2.45, 2.75) is 26.4 Å². The minimum Gasteiger partial charge on any atom is -0.386 e. The molecule has 1 aromatic carbocycles. The average molecular weight is 350 g/mol. The maximum Gasteiger partial charge on any atom is 0.0916 e. The fraction of sp³-hybridized carbons (Fsp3) is 0.400. The molecule has 4 rings (SSSR count). The second kappa shape index (κ2) is 7.33. The molecule has 6 nitrogen and oxygen atoms in total. The van der Waals surface area contributed by atoms with Gasteiger partial charge in [-0.05, 0) is 37.1 Å². The molecule has 2 aliphatic rings. The maximum atomic E-state index is 4.45. The van der Waals surface area contributed by atoms with E-state index in [4.69, 9.17) is 0 Å². The van der Waals surface area contributed by atoms with Crippen LogP contribution < -0.4 is 16.0 Å². The van der Waals surface area contributed by atoms with Crippen LogP contribution >= 0.6 is 0 Å². The van der Waals surface area contributed by atoms with Crippen molar-refractivity contribution in [1.29, 1.82) is 0 Å². The fourth-order valence-corrected chi connectivity index (χ4v) is 3.71. The Kier molecular flexibility index (Phi) is 4.75. The lowest BCUT2D eigenvalue weighted by atomic mass is 10.1.